The number of halogens is 1. The summed E-state index contributed by atoms with van der Waals surface area (Å²) in [6, 6.07) is 9.02. The fraction of sp³-hybridized carbons (Fsp3) is 0.412. The molecular weight excluding hydrogens is 392 g/mol. The van der Waals surface area contributed by atoms with Gasteiger partial charge in [-0.25, -0.2) is 8.42 Å². The summed E-state index contributed by atoms with van der Waals surface area (Å²) < 4.78 is 30.9. The Balaban J connectivity index is 0.00000261. The maximum atomic E-state index is 12.4. The van der Waals surface area contributed by atoms with Gasteiger partial charge in [0.15, 0.2) is 0 Å². The summed E-state index contributed by atoms with van der Waals surface area (Å²) in [5.74, 6) is -0.174. The molecule has 2 heterocycles. The second kappa shape index (κ2) is 9.20. The largest absolute Gasteiger partial charge is 0.399 e. The van der Waals surface area contributed by atoms with Crippen LogP contribution in [0.25, 0.3) is 0 Å². The zero-order chi connectivity index (χ0) is 18.6. The zero-order valence-corrected chi connectivity index (χ0v) is 16.4. The molecule has 0 bridgehead atoms. The van der Waals surface area contributed by atoms with Crippen molar-refractivity contribution in [1.29, 1.82) is 0 Å². The number of piperazine rings is 1. The second-order valence-electron chi connectivity index (χ2n) is 6.23. The summed E-state index contributed by atoms with van der Waals surface area (Å²) in [4.78, 5) is 14.1. The number of amides is 1. The number of hydrogen-bond donors (Lipinski definition) is 1. The van der Waals surface area contributed by atoms with E-state index in [4.69, 9.17) is 5.73 Å². The standard InChI is InChI=1S/C17H22N4O4S.ClH/c18-16-4-2-1-3-14(16)5-6-17(22)20-8-10-21(11-9-20)26(23,24)13-15-7-12-25-19-15;/h1-4,7,12H,5-6,8-11,13,18H2;1H. The first-order valence-corrected chi connectivity index (χ1v) is 10.0. The molecule has 10 heteroatoms. The third-order valence-electron chi connectivity index (χ3n) is 4.47. The molecule has 0 aliphatic carbocycles. The predicted molar refractivity (Wildman–Crippen MR) is 104 cm³/mol. The summed E-state index contributed by atoms with van der Waals surface area (Å²) in [7, 11) is -3.46. The molecule has 1 amide bonds. The minimum atomic E-state index is -3.46. The Morgan fingerprint density at radius 2 is 1.85 bits per heavy atom. The number of nitrogens with zero attached hydrogens (tertiary/aromatic N) is 3. The average Bonchev–Trinajstić information content (AvgIpc) is 3.13. The second-order valence-corrected chi connectivity index (χ2v) is 8.19. The van der Waals surface area contributed by atoms with Crippen LogP contribution in [0.5, 0.6) is 0 Å². The molecule has 1 fully saturated rings. The van der Waals surface area contributed by atoms with Gasteiger partial charge in [0.2, 0.25) is 15.9 Å². The lowest BCUT2D eigenvalue weighted by Gasteiger charge is -2.34. The molecule has 2 aromatic rings. The van der Waals surface area contributed by atoms with Crippen molar-refractivity contribution >= 4 is 34.0 Å². The van der Waals surface area contributed by atoms with Crippen LogP contribution >= 0.6 is 12.4 Å². The first-order chi connectivity index (χ1) is 12.5. The number of sulfonamides is 1. The molecule has 1 aliphatic heterocycles. The van der Waals surface area contributed by atoms with Crippen molar-refractivity contribution in [1.82, 2.24) is 14.4 Å². The van der Waals surface area contributed by atoms with Gasteiger partial charge in [0, 0.05) is 44.4 Å². The predicted octanol–water partition coefficient (Wildman–Crippen LogP) is 1.29. The molecule has 1 saturated heterocycles. The van der Waals surface area contributed by atoms with Crippen molar-refractivity contribution < 1.29 is 17.7 Å². The summed E-state index contributed by atoms with van der Waals surface area (Å²) in [5, 5.41) is 3.64. The molecule has 1 aliphatic rings. The lowest BCUT2D eigenvalue weighted by atomic mass is 10.1. The van der Waals surface area contributed by atoms with Gasteiger partial charge in [-0.05, 0) is 18.1 Å². The third-order valence-corrected chi connectivity index (χ3v) is 6.28. The number of benzene rings is 1. The molecule has 0 atom stereocenters. The Morgan fingerprint density at radius 3 is 2.48 bits per heavy atom. The highest BCUT2D eigenvalue weighted by molar-refractivity contribution is 7.88. The summed E-state index contributed by atoms with van der Waals surface area (Å²) in [6.45, 7) is 1.36. The summed E-state index contributed by atoms with van der Waals surface area (Å²) in [5.41, 5.74) is 7.91. The maximum Gasteiger partial charge on any atom is 0.222 e. The van der Waals surface area contributed by atoms with E-state index in [1.165, 1.54) is 16.6 Å². The van der Waals surface area contributed by atoms with Crippen LogP contribution in [-0.4, -0.2) is 54.9 Å². The number of aromatic nitrogens is 1. The van der Waals surface area contributed by atoms with Gasteiger partial charge in [0.25, 0.3) is 0 Å². The van der Waals surface area contributed by atoms with Crippen molar-refractivity contribution in [2.75, 3.05) is 31.9 Å². The number of hydrogen-bond acceptors (Lipinski definition) is 6. The fourth-order valence-electron chi connectivity index (χ4n) is 2.97. The molecular formula is C17H23ClN4O4S. The number of carbonyl (C=O) groups is 1. The van der Waals surface area contributed by atoms with E-state index in [1.807, 2.05) is 24.3 Å². The van der Waals surface area contributed by atoms with Gasteiger partial charge in [-0.15, -0.1) is 12.4 Å². The molecule has 8 nitrogen and oxygen atoms in total. The Morgan fingerprint density at radius 1 is 1.15 bits per heavy atom. The Kier molecular flexibility index (Phi) is 7.23. The summed E-state index contributed by atoms with van der Waals surface area (Å²) in [6.07, 6.45) is 2.29. The van der Waals surface area contributed by atoms with E-state index in [0.717, 1.165) is 5.56 Å². The zero-order valence-electron chi connectivity index (χ0n) is 14.8. The van der Waals surface area contributed by atoms with E-state index >= 15 is 0 Å². The molecule has 0 saturated carbocycles. The smallest absolute Gasteiger partial charge is 0.222 e. The molecule has 0 spiro atoms. The average molecular weight is 415 g/mol. The third kappa shape index (κ3) is 5.44. The molecule has 0 radical (unpaired) electrons. The van der Waals surface area contributed by atoms with Crippen LogP contribution in [0.1, 0.15) is 17.7 Å². The van der Waals surface area contributed by atoms with Crippen molar-refractivity contribution in [3.05, 3.63) is 47.9 Å². The molecule has 3 rings (SSSR count). The lowest BCUT2D eigenvalue weighted by Crippen LogP contribution is -2.50. The van der Waals surface area contributed by atoms with E-state index in [1.54, 1.807) is 4.90 Å². The van der Waals surface area contributed by atoms with Gasteiger partial charge in [-0.1, -0.05) is 23.4 Å². The number of rotatable bonds is 6. The highest BCUT2D eigenvalue weighted by Gasteiger charge is 2.29. The monoisotopic (exact) mass is 414 g/mol. The topological polar surface area (TPSA) is 110 Å². The van der Waals surface area contributed by atoms with E-state index in [2.05, 4.69) is 9.68 Å². The van der Waals surface area contributed by atoms with Gasteiger partial charge in [0.1, 0.15) is 12.0 Å². The highest BCUT2D eigenvalue weighted by Crippen LogP contribution is 2.16. The maximum absolute atomic E-state index is 12.4. The van der Waals surface area contributed by atoms with Crippen LogP contribution < -0.4 is 5.73 Å². The number of nitrogens with two attached hydrogens (primary N) is 1. The molecule has 1 aromatic heterocycles. The van der Waals surface area contributed by atoms with Gasteiger partial charge in [-0.2, -0.15) is 4.31 Å². The molecule has 0 unspecified atom stereocenters. The Hall–Kier alpha value is -2.10. The van der Waals surface area contributed by atoms with Crippen LogP contribution in [0.15, 0.2) is 41.1 Å². The first-order valence-electron chi connectivity index (χ1n) is 8.44. The van der Waals surface area contributed by atoms with Crippen LogP contribution in [-0.2, 0) is 27.0 Å². The highest BCUT2D eigenvalue weighted by atomic mass is 35.5. The lowest BCUT2D eigenvalue weighted by molar-refractivity contribution is -0.132. The molecule has 2 N–H and O–H groups in total. The van der Waals surface area contributed by atoms with Gasteiger partial charge < -0.3 is 15.2 Å². The van der Waals surface area contributed by atoms with Gasteiger partial charge in [-0.3, -0.25) is 4.79 Å². The Labute approximate surface area is 164 Å². The number of nitrogen functional groups attached to an aromatic ring is 1. The van der Waals surface area contributed by atoms with Crippen LogP contribution in [0.3, 0.4) is 0 Å². The van der Waals surface area contributed by atoms with E-state index in [0.29, 0.717) is 50.4 Å². The summed E-state index contributed by atoms with van der Waals surface area (Å²) >= 11 is 0. The van der Waals surface area contributed by atoms with Gasteiger partial charge in [0.05, 0.1) is 5.69 Å². The number of para-hydroxylation sites is 1. The minimum Gasteiger partial charge on any atom is -0.399 e. The van der Waals surface area contributed by atoms with Crippen molar-refractivity contribution in [3.63, 3.8) is 0 Å². The normalized spacial score (nSPS) is 15.3. The van der Waals surface area contributed by atoms with Crippen molar-refractivity contribution in [2.45, 2.75) is 18.6 Å². The van der Waals surface area contributed by atoms with Crippen LogP contribution in [0.2, 0.25) is 0 Å². The minimum absolute atomic E-state index is 0. The van der Waals surface area contributed by atoms with E-state index in [9.17, 15) is 13.2 Å². The van der Waals surface area contributed by atoms with Crippen LogP contribution in [0.4, 0.5) is 5.69 Å². The number of aryl methyl sites for hydroxylation is 1. The van der Waals surface area contributed by atoms with Crippen molar-refractivity contribution in [2.24, 2.45) is 0 Å². The van der Waals surface area contributed by atoms with E-state index in [-0.39, 0.29) is 24.1 Å². The quantitative estimate of drug-likeness (QED) is 0.713. The molecule has 148 valence electrons. The van der Waals surface area contributed by atoms with E-state index < -0.39 is 10.0 Å². The number of carbonyl (C=O) groups excluding carboxylic acids is 1. The molecule has 27 heavy (non-hydrogen) atoms. The number of anilines is 1. The van der Waals surface area contributed by atoms with Crippen molar-refractivity contribution in [3.8, 4) is 0 Å². The Bertz CT molecular complexity index is 850. The van der Waals surface area contributed by atoms with Gasteiger partial charge >= 0.3 is 0 Å². The first kappa shape index (κ1) is 21.2. The SMILES string of the molecule is Cl.Nc1ccccc1CCC(=O)N1CCN(S(=O)(=O)Cc2ccon2)CC1. The van der Waals surface area contributed by atoms with Crippen LogP contribution in [0, 0.1) is 0 Å². The molecule has 1 aromatic carbocycles. The fourth-order valence-corrected chi connectivity index (χ4v) is 4.39.